The number of halogens is 1. The molecule has 2 rings (SSSR count). The molecule has 19 heavy (non-hydrogen) atoms. The second kappa shape index (κ2) is 6.84. The van der Waals surface area contributed by atoms with Gasteiger partial charge in [-0.15, -0.1) is 0 Å². The summed E-state index contributed by atoms with van der Waals surface area (Å²) in [5, 5.41) is 14.4. The first-order valence-electron chi connectivity index (χ1n) is 6.38. The quantitative estimate of drug-likeness (QED) is 0.667. The monoisotopic (exact) mass is 284 g/mol. The third-order valence-corrected chi connectivity index (χ3v) is 3.69. The third-order valence-electron chi connectivity index (χ3n) is 3.34. The summed E-state index contributed by atoms with van der Waals surface area (Å²) in [6.07, 6.45) is 2.17. The van der Waals surface area contributed by atoms with Gasteiger partial charge in [0.1, 0.15) is 0 Å². The second-order valence-electron chi connectivity index (χ2n) is 4.72. The Morgan fingerprint density at radius 2 is 2.16 bits per heavy atom. The van der Waals surface area contributed by atoms with Crippen molar-refractivity contribution in [3.63, 3.8) is 0 Å². The van der Waals surface area contributed by atoms with Crippen LogP contribution in [0.1, 0.15) is 18.4 Å². The van der Waals surface area contributed by atoms with E-state index in [-0.39, 0.29) is 5.69 Å². The van der Waals surface area contributed by atoms with Crippen molar-refractivity contribution >= 4 is 17.3 Å². The summed E-state index contributed by atoms with van der Waals surface area (Å²) in [7, 11) is 0. The third kappa shape index (κ3) is 4.16. The van der Waals surface area contributed by atoms with Crippen molar-refractivity contribution in [2.75, 3.05) is 19.8 Å². The van der Waals surface area contributed by atoms with Crippen LogP contribution in [0.4, 0.5) is 5.69 Å². The van der Waals surface area contributed by atoms with Gasteiger partial charge in [-0.05, 0) is 36.9 Å². The normalized spacial score (nSPS) is 16.5. The number of nitrogens with one attached hydrogen (secondary N) is 1. The van der Waals surface area contributed by atoms with E-state index >= 15 is 0 Å². The van der Waals surface area contributed by atoms with Crippen LogP contribution < -0.4 is 5.32 Å². The van der Waals surface area contributed by atoms with Gasteiger partial charge < -0.3 is 10.1 Å². The average Bonchev–Trinajstić information content (AvgIpc) is 2.41. The maximum atomic E-state index is 10.6. The Labute approximate surface area is 117 Å². The molecule has 1 fully saturated rings. The Bertz CT molecular complexity index is 448. The molecular weight excluding hydrogens is 268 g/mol. The van der Waals surface area contributed by atoms with Crippen molar-refractivity contribution in [3.05, 3.63) is 38.9 Å². The number of hydrogen-bond donors (Lipinski definition) is 1. The molecule has 0 aliphatic carbocycles. The molecule has 0 unspecified atom stereocenters. The van der Waals surface area contributed by atoms with Gasteiger partial charge in [-0.3, -0.25) is 10.1 Å². The summed E-state index contributed by atoms with van der Waals surface area (Å²) in [5.41, 5.74) is 0.914. The summed E-state index contributed by atoms with van der Waals surface area (Å²) < 4.78 is 5.31. The van der Waals surface area contributed by atoms with Crippen LogP contribution in [0.25, 0.3) is 0 Å². The molecule has 104 valence electrons. The first-order chi connectivity index (χ1) is 9.16. The Balaban J connectivity index is 1.83. The van der Waals surface area contributed by atoms with E-state index in [1.54, 1.807) is 6.07 Å². The maximum absolute atomic E-state index is 10.6. The van der Waals surface area contributed by atoms with Gasteiger partial charge in [-0.1, -0.05) is 11.6 Å². The number of nitrogens with zero attached hydrogens (tertiary/aromatic N) is 1. The van der Waals surface area contributed by atoms with E-state index < -0.39 is 4.92 Å². The predicted octanol–water partition coefficient (Wildman–Crippen LogP) is 2.76. The zero-order valence-corrected chi connectivity index (χ0v) is 11.4. The number of non-ortho nitro benzene ring substituents is 1. The van der Waals surface area contributed by atoms with Crippen molar-refractivity contribution in [2.45, 2.75) is 19.4 Å². The van der Waals surface area contributed by atoms with Gasteiger partial charge >= 0.3 is 0 Å². The van der Waals surface area contributed by atoms with E-state index in [0.29, 0.717) is 17.5 Å². The molecule has 1 aromatic rings. The average molecular weight is 285 g/mol. The van der Waals surface area contributed by atoms with Crippen LogP contribution in [-0.4, -0.2) is 24.7 Å². The largest absolute Gasteiger partial charge is 0.381 e. The molecule has 0 aromatic heterocycles. The first kappa shape index (κ1) is 14.2. The summed E-state index contributed by atoms with van der Waals surface area (Å²) in [5.74, 6) is 0.644. The van der Waals surface area contributed by atoms with E-state index in [2.05, 4.69) is 5.32 Å². The molecule has 0 saturated carbocycles. The zero-order chi connectivity index (χ0) is 13.7. The molecule has 6 heteroatoms. The molecular formula is C13H17ClN2O3. The molecule has 1 saturated heterocycles. The highest BCUT2D eigenvalue weighted by molar-refractivity contribution is 6.31. The minimum absolute atomic E-state index is 0.0261. The molecule has 1 N–H and O–H groups in total. The minimum atomic E-state index is -0.439. The fourth-order valence-electron chi connectivity index (χ4n) is 2.15. The SMILES string of the molecule is O=[N+]([O-])c1ccc(CNCC2CCOCC2)c(Cl)c1. The lowest BCUT2D eigenvalue weighted by atomic mass is 10.0. The van der Waals surface area contributed by atoms with Crippen molar-refractivity contribution in [1.29, 1.82) is 0 Å². The Kier molecular flexibility index (Phi) is 5.13. The van der Waals surface area contributed by atoms with E-state index in [1.807, 2.05) is 0 Å². The van der Waals surface area contributed by atoms with Gasteiger partial charge in [0, 0.05) is 31.9 Å². The van der Waals surface area contributed by atoms with Gasteiger partial charge in [-0.2, -0.15) is 0 Å². The van der Waals surface area contributed by atoms with Crippen molar-refractivity contribution in [1.82, 2.24) is 5.32 Å². The number of rotatable bonds is 5. The van der Waals surface area contributed by atoms with Gasteiger partial charge in [-0.25, -0.2) is 0 Å². The molecule has 1 aromatic carbocycles. The lowest BCUT2D eigenvalue weighted by Gasteiger charge is -2.22. The van der Waals surface area contributed by atoms with Gasteiger partial charge in [0.2, 0.25) is 0 Å². The fraction of sp³-hybridized carbons (Fsp3) is 0.538. The Hall–Kier alpha value is -1.17. The molecule has 0 amide bonds. The molecule has 1 aliphatic heterocycles. The van der Waals surface area contributed by atoms with Gasteiger partial charge in [0.05, 0.1) is 9.95 Å². The standard InChI is InChI=1S/C13H17ClN2O3/c14-13-7-12(16(17)18)2-1-11(13)9-15-8-10-3-5-19-6-4-10/h1-2,7,10,15H,3-6,8-9H2. The van der Waals surface area contributed by atoms with Crippen LogP contribution in [0, 0.1) is 16.0 Å². The molecule has 1 heterocycles. The highest BCUT2D eigenvalue weighted by Gasteiger charge is 2.14. The number of nitro benzene ring substituents is 1. The summed E-state index contributed by atoms with van der Waals surface area (Å²) in [6.45, 7) is 3.24. The number of nitro groups is 1. The lowest BCUT2D eigenvalue weighted by Crippen LogP contribution is -2.27. The highest BCUT2D eigenvalue weighted by atomic mass is 35.5. The first-order valence-corrected chi connectivity index (χ1v) is 6.76. The number of ether oxygens (including phenoxy) is 1. The minimum Gasteiger partial charge on any atom is -0.381 e. The fourth-order valence-corrected chi connectivity index (χ4v) is 2.40. The summed E-state index contributed by atoms with van der Waals surface area (Å²) >= 11 is 6.03. The van der Waals surface area contributed by atoms with Gasteiger partial charge in [0.25, 0.3) is 5.69 Å². The van der Waals surface area contributed by atoms with Crippen LogP contribution in [0.15, 0.2) is 18.2 Å². The van der Waals surface area contributed by atoms with Crippen LogP contribution in [0.5, 0.6) is 0 Å². The van der Waals surface area contributed by atoms with Crippen molar-refractivity contribution in [3.8, 4) is 0 Å². The van der Waals surface area contributed by atoms with Crippen LogP contribution in [-0.2, 0) is 11.3 Å². The lowest BCUT2D eigenvalue weighted by molar-refractivity contribution is -0.384. The van der Waals surface area contributed by atoms with Crippen LogP contribution in [0.2, 0.25) is 5.02 Å². The smallest absolute Gasteiger partial charge is 0.270 e. The van der Waals surface area contributed by atoms with E-state index in [0.717, 1.165) is 38.2 Å². The second-order valence-corrected chi connectivity index (χ2v) is 5.13. The topological polar surface area (TPSA) is 64.4 Å². The molecule has 0 atom stereocenters. The molecule has 0 radical (unpaired) electrons. The van der Waals surface area contributed by atoms with Crippen LogP contribution >= 0.6 is 11.6 Å². The van der Waals surface area contributed by atoms with E-state index in [1.165, 1.54) is 12.1 Å². The Morgan fingerprint density at radius 3 is 2.79 bits per heavy atom. The van der Waals surface area contributed by atoms with Crippen molar-refractivity contribution < 1.29 is 9.66 Å². The van der Waals surface area contributed by atoms with Gasteiger partial charge in [0.15, 0.2) is 0 Å². The molecule has 0 spiro atoms. The maximum Gasteiger partial charge on any atom is 0.270 e. The van der Waals surface area contributed by atoms with E-state index in [9.17, 15) is 10.1 Å². The zero-order valence-electron chi connectivity index (χ0n) is 10.6. The molecule has 5 nitrogen and oxygen atoms in total. The number of hydrogen-bond acceptors (Lipinski definition) is 4. The summed E-state index contributed by atoms with van der Waals surface area (Å²) in [4.78, 5) is 10.2. The highest BCUT2D eigenvalue weighted by Crippen LogP contribution is 2.22. The summed E-state index contributed by atoms with van der Waals surface area (Å²) in [6, 6.07) is 4.59. The van der Waals surface area contributed by atoms with E-state index in [4.69, 9.17) is 16.3 Å². The van der Waals surface area contributed by atoms with Crippen molar-refractivity contribution in [2.24, 2.45) is 5.92 Å². The molecule has 0 bridgehead atoms. The van der Waals surface area contributed by atoms with Crippen LogP contribution in [0.3, 0.4) is 0 Å². The molecule has 1 aliphatic rings. The Morgan fingerprint density at radius 1 is 1.42 bits per heavy atom. The predicted molar refractivity (Wildman–Crippen MR) is 73.4 cm³/mol. The number of benzene rings is 1.